The molecule has 2 N–H and O–H groups in total. The van der Waals surface area contributed by atoms with Crippen LogP contribution >= 0.6 is 0 Å². The first-order valence-corrected chi connectivity index (χ1v) is 9.42. The van der Waals surface area contributed by atoms with Gasteiger partial charge in [0.1, 0.15) is 5.60 Å². The first-order chi connectivity index (χ1) is 10.7. The van der Waals surface area contributed by atoms with Crippen LogP contribution in [-0.2, 0) is 4.74 Å². The van der Waals surface area contributed by atoms with Crippen LogP contribution in [0.1, 0.15) is 73.1 Å². The molecule has 4 heteroatoms. The highest BCUT2D eigenvalue weighted by Crippen LogP contribution is 2.51. The normalized spacial score (nSPS) is 26.9. The molecule has 0 radical (unpaired) electrons. The van der Waals surface area contributed by atoms with Gasteiger partial charge in [-0.15, -0.1) is 0 Å². The van der Waals surface area contributed by atoms with Crippen molar-refractivity contribution in [2.45, 2.75) is 84.8 Å². The maximum Gasteiger partial charge on any atom is 0.407 e. The molecule has 2 fully saturated rings. The van der Waals surface area contributed by atoms with E-state index in [1.807, 2.05) is 20.8 Å². The third kappa shape index (κ3) is 5.66. The molecular formula is C19H36N2O2. The summed E-state index contributed by atoms with van der Waals surface area (Å²) < 4.78 is 5.35. The molecule has 4 nitrogen and oxygen atoms in total. The van der Waals surface area contributed by atoms with E-state index in [9.17, 15) is 4.79 Å². The number of hydrogen-bond donors (Lipinski definition) is 2. The predicted molar refractivity (Wildman–Crippen MR) is 94.5 cm³/mol. The number of ether oxygens (including phenoxy) is 1. The lowest BCUT2D eigenvalue weighted by molar-refractivity contribution is 0.0510. The van der Waals surface area contributed by atoms with E-state index >= 15 is 0 Å². The molecule has 0 saturated heterocycles. The second-order valence-electron chi connectivity index (χ2n) is 8.93. The SMILES string of the molecule is CC(C)C1(CNC2CCCCC2CNC(=O)OC(C)(C)C)CC1. The van der Waals surface area contributed by atoms with Gasteiger partial charge in [0.15, 0.2) is 0 Å². The summed E-state index contributed by atoms with van der Waals surface area (Å²) in [6.45, 7) is 12.3. The highest BCUT2D eigenvalue weighted by atomic mass is 16.6. The van der Waals surface area contributed by atoms with Gasteiger partial charge >= 0.3 is 6.09 Å². The first-order valence-electron chi connectivity index (χ1n) is 9.42. The summed E-state index contributed by atoms with van der Waals surface area (Å²) >= 11 is 0. The molecule has 2 atom stereocenters. The Morgan fingerprint density at radius 2 is 1.87 bits per heavy atom. The summed E-state index contributed by atoms with van der Waals surface area (Å²) in [5.74, 6) is 1.29. The lowest BCUT2D eigenvalue weighted by atomic mass is 9.83. The Kier molecular flexibility index (Phi) is 5.99. The number of amides is 1. The summed E-state index contributed by atoms with van der Waals surface area (Å²) in [7, 11) is 0. The molecule has 0 aromatic carbocycles. The van der Waals surface area contributed by atoms with E-state index in [0.29, 0.717) is 17.4 Å². The van der Waals surface area contributed by atoms with Crippen LogP contribution in [-0.4, -0.2) is 30.8 Å². The largest absolute Gasteiger partial charge is 0.444 e. The smallest absolute Gasteiger partial charge is 0.407 e. The molecule has 2 aliphatic carbocycles. The van der Waals surface area contributed by atoms with Crippen molar-refractivity contribution in [1.82, 2.24) is 10.6 Å². The average molecular weight is 325 g/mol. The van der Waals surface area contributed by atoms with Gasteiger partial charge in [-0.3, -0.25) is 0 Å². The quantitative estimate of drug-likeness (QED) is 0.773. The molecule has 0 aromatic heterocycles. The maximum absolute atomic E-state index is 11.9. The monoisotopic (exact) mass is 324 g/mol. The molecule has 2 rings (SSSR count). The summed E-state index contributed by atoms with van der Waals surface area (Å²) in [5.41, 5.74) is 0.116. The fourth-order valence-electron chi connectivity index (χ4n) is 3.70. The molecular weight excluding hydrogens is 288 g/mol. The number of carbonyl (C=O) groups excluding carboxylic acids is 1. The third-order valence-corrected chi connectivity index (χ3v) is 5.65. The number of carbonyl (C=O) groups is 1. The molecule has 2 saturated carbocycles. The van der Waals surface area contributed by atoms with Crippen LogP contribution in [0.4, 0.5) is 4.79 Å². The van der Waals surface area contributed by atoms with Gasteiger partial charge in [-0.05, 0) is 63.7 Å². The first kappa shape index (κ1) is 18.6. The molecule has 1 amide bonds. The van der Waals surface area contributed by atoms with Crippen molar-refractivity contribution < 1.29 is 9.53 Å². The fourth-order valence-corrected chi connectivity index (χ4v) is 3.70. The van der Waals surface area contributed by atoms with E-state index in [0.717, 1.165) is 19.0 Å². The molecule has 0 bridgehead atoms. The standard InChI is InChI=1S/C19H36N2O2/c1-14(2)19(10-11-19)13-21-16-9-7-6-8-15(16)12-20-17(22)23-18(3,4)5/h14-16,21H,6-13H2,1-5H3,(H,20,22). The van der Waals surface area contributed by atoms with E-state index in [2.05, 4.69) is 24.5 Å². The Balaban J connectivity index is 1.78. The van der Waals surface area contributed by atoms with Gasteiger partial charge < -0.3 is 15.4 Å². The van der Waals surface area contributed by atoms with Crippen molar-refractivity contribution in [3.05, 3.63) is 0 Å². The Morgan fingerprint density at radius 1 is 1.22 bits per heavy atom. The van der Waals surface area contributed by atoms with Gasteiger partial charge in [-0.25, -0.2) is 4.79 Å². The molecule has 23 heavy (non-hydrogen) atoms. The van der Waals surface area contributed by atoms with Gasteiger partial charge in [-0.1, -0.05) is 26.7 Å². The molecule has 2 unspecified atom stereocenters. The van der Waals surface area contributed by atoms with Crippen LogP contribution in [0, 0.1) is 17.3 Å². The van der Waals surface area contributed by atoms with Crippen molar-refractivity contribution in [3.8, 4) is 0 Å². The third-order valence-electron chi connectivity index (χ3n) is 5.65. The molecule has 134 valence electrons. The second kappa shape index (κ2) is 7.42. The molecule has 2 aliphatic rings. The van der Waals surface area contributed by atoms with Crippen molar-refractivity contribution >= 4 is 6.09 Å². The number of hydrogen-bond acceptors (Lipinski definition) is 3. The number of nitrogens with one attached hydrogen (secondary N) is 2. The predicted octanol–water partition coefficient (Wildman–Crippen LogP) is 4.10. The molecule has 0 heterocycles. The maximum atomic E-state index is 11.9. The van der Waals surface area contributed by atoms with Gasteiger partial charge in [0.25, 0.3) is 0 Å². The van der Waals surface area contributed by atoms with Crippen LogP contribution in [0.25, 0.3) is 0 Å². The summed E-state index contributed by atoms with van der Waals surface area (Å²) in [5, 5.41) is 6.81. The minimum Gasteiger partial charge on any atom is -0.444 e. The number of rotatable bonds is 6. The summed E-state index contributed by atoms with van der Waals surface area (Å²) in [6, 6.07) is 0.537. The Bertz CT molecular complexity index is 397. The van der Waals surface area contributed by atoms with E-state index in [1.54, 1.807) is 0 Å². The van der Waals surface area contributed by atoms with Crippen molar-refractivity contribution in [2.75, 3.05) is 13.1 Å². The zero-order chi connectivity index (χ0) is 17.1. The fraction of sp³-hybridized carbons (Fsp3) is 0.947. The lowest BCUT2D eigenvalue weighted by Gasteiger charge is -2.34. The van der Waals surface area contributed by atoms with Crippen molar-refractivity contribution in [1.29, 1.82) is 0 Å². The van der Waals surface area contributed by atoms with E-state index in [-0.39, 0.29) is 6.09 Å². The van der Waals surface area contributed by atoms with Gasteiger partial charge in [0, 0.05) is 19.1 Å². The highest BCUT2D eigenvalue weighted by molar-refractivity contribution is 5.67. The van der Waals surface area contributed by atoms with E-state index in [1.165, 1.54) is 38.5 Å². The van der Waals surface area contributed by atoms with Crippen LogP contribution in [0.2, 0.25) is 0 Å². The van der Waals surface area contributed by atoms with Gasteiger partial charge in [-0.2, -0.15) is 0 Å². The zero-order valence-corrected chi connectivity index (χ0v) is 15.7. The topological polar surface area (TPSA) is 50.4 Å². The van der Waals surface area contributed by atoms with E-state index in [4.69, 9.17) is 4.74 Å². The lowest BCUT2D eigenvalue weighted by Crippen LogP contribution is -2.47. The summed E-state index contributed by atoms with van der Waals surface area (Å²) in [6.07, 6.45) is 7.44. The van der Waals surface area contributed by atoms with Crippen molar-refractivity contribution in [2.24, 2.45) is 17.3 Å². The molecule has 0 aromatic rings. The van der Waals surface area contributed by atoms with Crippen LogP contribution in [0.3, 0.4) is 0 Å². The van der Waals surface area contributed by atoms with Gasteiger partial charge in [0.05, 0.1) is 0 Å². The Labute approximate surface area is 142 Å². The Morgan fingerprint density at radius 3 is 2.43 bits per heavy atom. The number of alkyl carbamates (subject to hydrolysis) is 1. The molecule has 0 aliphatic heterocycles. The summed E-state index contributed by atoms with van der Waals surface area (Å²) in [4.78, 5) is 11.9. The average Bonchev–Trinajstić information content (AvgIpc) is 3.23. The minimum absolute atomic E-state index is 0.289. The van der Waals surface area contributed by atoms with Crippen molar-refractivity contribution in [3.63, 3.8) is 0 Å². The van der Waals surface area contributed by atoms with Gasteiger partial charge in [0.2, 0.25) is 0 Å². The Hall–Kier alpha value is -0.770. The van der Waals surface area contributed by atoms with Crippen LogP contribution in [0.5, 0.6) is 0 Å². The van der Waals surface area contributed by atoms with Crippen LogP contribution < -0.4 is 10.6 Å². The van der Waals surface area contributed by atoms with E-state index < -0.39 is 5.60 Å². The second-order valence-corrected chi connectivity index (χ2v) is 8.93. The van der Waals surface area contributed by atoms with Crippen LogP contribution in [0.15, 0.2) is 0 Å². The minimum atomic E-state index is -0.427. The highest BCUT2D eigenvalue weighted by Gasteiger charge is 2.45. The zero-order valence-electron chi connectivity index (χ0n) is 15.7. The molecule has 0 spiro atoms.